The summed E-state index contributed by atoms with van der Waals surface area (Å²) in [5, 5.41) is 4.39. The fourth-order valence-corrected chi connectivity index (χ4v) is 4.58. The summed E-state index contributed by atoms with van der Waals surface area (Å²) < 4.78 is 12.6. The smallest absolute Gasteiger partial charge is 0.250 e. The molecule has 3 aromatic rings. The predicted octanol–water partition coefficient (Wildman–Crippen LogP) is 4.87. The van der Waals surface area contributed by atoms with Gasteiger partial charge in [-0.05, 0) is 67.1 Å². The van der Waals surface area contributed by atoms with Gasteiger partial charge in [-0.3, -0.25) is 0 Å². The summed E-state index contributed by atoms with van der Waals surface area (Å²) in [5.74, 6) is 3.20. The van der Waals surface area contributed by atoms with Crippen LogP contribution in [0.2, 0.25) is 0 Å². The van der Waals surface area contributed by atoms with Crippen LogP contribution in [-0.4, -0.2) is 54.5 Å². The lowest BCUT2D eigenvalue weighted by Crippen LogP contribution is -2.25. The van der Waals surface area contributed by atoms with E-state index < -0.39 is 0 Å². The standard InChI is InChI=1S/C26H30BrN7O2/c1-35-23-16-20(8-11-22(23)36-18-19-6-9-21(27)10-7-19)17-28-32-24-29-25(33-12-2-3-13-33)31-26(30-24)34-14-4-5-15-34/h6-11,16-17H,2-5,12-15,18H2,1H3,(H,29,30,31,32)/b28-17-. The summed E-state index contributed by atoms with van der Waals surface area (Å²) in [4.78, 5) is 18.4. The first-order valence-corrected chi connectivity index (χ1v) is 13.1. The maximum absolute atomic E-state index is 5.97. The zero-order valence-electron chi connectivity index (χ0n) is 20.4. The molecule has 2 aromatic carbocycles. The molecule has 0 atom stereocenters. The normalized spacial score (nSPS) is 15.6. The lowest BCUT2D eigenvalue weighted by Gasteiger charge is -2.20. The highest BCUT2D eigenvalue weighted by Gasteiger charge is 2.21. The molecule has 2 aliphatic rings. The molecule has 0 spiro atoms. The van der Waals surface area contributed by atoms with Crippen LogP contribution in [0.1, 0.15) is 36.8 Å². The van der Waals surface area contributed by atoms with E-state index >= 15 is 0 Å². The van der Waals surface area contributed by atoms with Crippen molar-refractivity contribution in [2.45, 2.75) is 32.3 Å². The van der Waals surface area contributed by atoms with Crippen LogP contribution in [0.5, 0.6) is 11.5 Å². The number of methoxy groups -OCH3 is 1. The molecule has 0 saturated carbocycles. The molecule has 36 heavy (non-hydrogen) atoms. The van der Waals surface area contributed by atoms with Crippen molar-refractivity contribution in [1.29, 1.82) is 0 Å². The maximum Gasteiger partial charge on any atom is 0.250 e. The first-order chi connectivity index (χ1) is 17.7. The van der Waals surface area contributed by atoms with Crippen molar-refractivity contribution in [3.63, 3.8) is 0 Å². The highest BCUT2D eigenvalue weighted by atomic mass is 79.9. The highest BCUT2D eigenvalue weighted by Crippen LogP contribution is 2.29. The average Bonchev–Trinajstić information content (AvgIpc) is 3.64. The molecule has 2 fully saturated rings. The molecule has 10 heteroatoms. The van der Waals surface area contributed by atoms with Gasteiger partial charge in [-0.2, -0.15) is 20.1 Å². The first-order valence-electron chi connectivity index (χ1n) is 12.3. The summed E-state index contributed by atoms with van der Waals surface area (Å²) in [5.41, 5.74) is 4.94. The minimum absolute atomic E-state index is 0.450. The Balaban J connectivity index is 1.27. The fraction of sp³-hybridized carbons (Fsp3) is 0.385. The minimum atomic E-state index is 0.450. The van der Waals surface area contributed by atoms with Crippen molar-refractivity contribution in [2.24, 2.45) is 5.10 Å². The Morgan fingerprint density at radius 3 is 2.14 bits per heavy atom. The van der Waals surface area contributed by atoms with E-state index in [0.717, 1.165) is 79.4 Å². The van der Waals surface area contributed by atoms with Gasteiger partial charge < -0.3 is 19.3 Å². The largest absolute Gasteiger partial charge is 0.493 e. The van der Waals surface area contributed by atoms with Crippen molar-refractivity contribution in [2.75, 3.05) is 48.5 Å². The van der Waals surface area contributed by atoms with Crippen LogP contribution >= 0.6 is 15.9 Å². The Labute approximate surface area is 219 Å². The first kappa shape index (κ1) is 24.3. The van der Waals surface area contributed by atoms with E-state index in [-0.39, 0.29) is 0 Å². The van der Waals surface area contributed by atoms with E-state index in [1.807, 2.05) is 42.5 Å². The molecule has 1 aromatic heterocycles. The van der Waals surface area contributed by atoms with Gasteiger partial charge in [0.1, 0.15) is 6.61 Å². The van der Waals surface area contributed by atoms with Crippen LogP contribution in [0.3, 0.4) is 0 Å². The van der Waals surface area contributed by atoms with Gasteiger partial charge in [-0.15, -0.1) is 0 Å². The third kappa shape index (κ3) is 6.04. The van der Waals surface area contributed by atoms with Crippen LogP contribution in [-0.2, 0) is 6.61 Å². The average molecular weight is 552 g/mol. The summed E-state index contributed by atoms with van der Waals surface area (Å²) in [6.07, 6.45) is 6.37. The summed E-state index contributed by atoms with van der Waals surface area (Å²) in [6, 6.07) is 13.8. The van der Waals surface area contributed by atoms with E-state index in [1.165, 1.54) is 0 Å². The topological polar surface area (TPSA) is 88.0 Å². The summed E-state index contributed by atoms with van der Waals surface area (Å²) in [7, 11) is 1.63. The van der Waals surface area contributed by atoms with E-state index in [1.54, 1.807) is 13.3 Å². The molecule has 1 N–H and O–H groups in total. The molecule has 0 radical (unpaired) electrons. The Kier molecular flexibility index (Phi) is 7.80. The number of aromatic nitrogens is 3. The van der Waals surface area contributed by atoms with Crippen LogP contribution in [0.4, 0.5) is 17.8 Å². The van der Waals surface area contributed by atoms with E-state index in [0.29, 0.717) is 24.1 Å². The lowest BCUT2D eigenvalue weighted by molar-refractivity contribution is 0.284. The van der Waals surface area contributed by atoms with Crippen LogP contribution in [0, 0.1) is 0 Å². The molecule has 0 unspecified atom stereocenters. The van der Waals surface area contributed by atoms with E-state index in [2.05, 4.69) is 46.2 Å². The van der Waals surface area contributed by atoms with E-state index in [9.17, 15) is 0 Å². The number of benzene rings is 2. The number of nitrogens with one attached hydrogen (secondary N) is 1. The van der Waals surface area contributed by atoms with E-state index in [4.69, 9.17) is 14.5 Å². The van der Waals surface area contributed by atoms with Crippen molar-refractivity contribution in [1.82, 2.24) is 15.0 Å². The summed E-state index contributed by atoms with van der Waals surface area (Å²) in [6.45, 7) is 4.35. The molecule has 0 amide bonds. The number of hydrogen-bond acceptors (Lipinski definition) is 9. The van der Waals surface area contributed by atoms with Crippen molar-refractivity contribution >= 4 is 40.0 Å². The summed E-state index contributed by atoms with van der Waals surface area (Å²) >= 11 is 3.45. The zero-order valence-corrected chi connectivity index (χ0v) is 21.9. The van der Waals surface area contributed by atoms with Crippen LogP contribution in [0.15, 0.2) is 52.0 Å². The van der Waals surface area contributed by atoms with Crippen molar-refractivity contribution < 1.29 is 9.47 Å². The van der Waals surface area contributed by atoms with Gasteiger partial charge in [0.15, 0.2) is 11.5 Å². The minimum Gasteiger partial charge on any atom is -0.493 e. The number of hydrogen-bond donors (Lipinski definition) is 1. The number of anilines is 3. The molecule has 0 bridgehead atoms. The second-order valence-electron chi connectivity index (χ2n) is 8.84. The molecule has 5 rings (SSSR count). The predicted molar refractivity (Wildman–Crippen MR) is 145 cm³/mol. The molecule has 2 aliphatic heterocycles. The van der Waals surface area contributed by atoms with Crippen molar-refractivity contribution in [3.05, 3.63) is 58.1 Å². The van der Waals surface area contributed by atoms with Crippen LogP contribution in [0.25, 0.3) is 0 Å². The second-order valence-corrected chi connectivity index (χ2v) is 9.76. The molecule has 9 nitrogen and oxygen atoms in total. The lowest BCUT2D eigenvalue weighted by atomic mass is 10.2. The molecule has 188 valence electrons. The zero-order chi connectivity index (χ0) is 24.7. The Bertz CT molecular complexity index is 1160. The Morgan fingerprint density at radius 1 is 0.889 bits per heavy atom. The van der Waals surface area contributed by atoms with Crippen LogP contribution < -0.4 is 24.7 Å². The van der Waals surface area contributed by atoms with Gasteiger partial charge in [0.25, 0.3) is 0 Å². The van der Waals surface area contributed by atoms with Gasteiger partial charge in [0, 0.05) is 30.7 Å². The third-order valence-electron chi connectivity index (χ3n) is 6.26. The monoisotopic (exact) mass is 551 g/mol. The highest BCUT2D eigenvalue weighted by molar-refractivity contribution is 9.10. The third-order valence-corrected chi connectivity index (χ3v) is 6.79. The van der Waals surface area contributed by atoms with Gasteiger partial charge >= 0.3 is 0 Å². The number of halogens is 1. The quantitative estimate of drug-likeness (QED) is 0.297. The fourth-order valence-electron chi connectivity index (χ4n) is 4.31. The molecule has 2 saturated heterocycles. The molecule has 0 aliphatic carbocycles. The SMILES string of the molecule is COc1cc(/C=N\Nc2nc(N3CCCC3)nc(N3CCCC3)n2)ccc1OCc1ccc(Br)cc1. The van der Waals surface area contributed by atoms with Gasteiger partial charge in [-0.25, -0.2) is 5.43 Å². The number of ether oxygens (including phenoxy) is 2. The number of hydrazone groups is 1. The molecule has 3 heterocycles. The Hall–Kier alpha value is -3.40. The Morgan fingerprint density at radius 2 is 1.53 bits per heavy atom. The van der Waals surface area contributed by atoms with Gasteiger partial charge in [0.2, 0.25) is 17.8 Å². The maximum atomic E-state index is 5.97. The van der Waals surface area contributed by atoms with Gasteiger partial charge in [-0.1, -0.05) is 28.1 Å². The van der Waals surface area contributed by atoms with Gasteiger partial charge in [0.05, 0.1) is 13.3 Å². The molecular weight excluding hydrogens is 522 g/mol. The second kappa shape index (κ2) is 11.6. The van der Waals surface area contributed by atoms with Crippen molar-refractivity contribution in [3.8, 4) is 11.5 Å². The molecular formula is C26H30BrN7O2. The number of nitrogens with zero attached hydrogens (tertiary/aromatic N) is 6. The number of rotatable bonds is 9.